The Morgan fingerprint density at radius 2 is 1.85 bits per heavy atom. The number of likely N-dealkylation sites (N-methyl/N-ethyl adjacent to an activating group) is 1. The zero-order valence-corrected chi connectivity index (χ0v) is 17.0. The topological polar surface area (TPSA) is 78.5 Å². The summed E-state index contributed by atoms with van der Waals surface area (Å²) in [6.45, 7) is 3.95. The highest BCUT2D eigenvalue weighted by atomic mass is 32.2. The van der Waals surface area contributed by atoms with Gasteiger partial charge < -0.3 is 10.2 Å². The summed E-state index contributed by atoms with van der Waals surface area (Å²) in [5.41, 5.74) is 2.26. The average Bonchev–Trinajstić information content (AvgIpc) is 3.11. The van der Waals surface area contributed by atoms with E-state index in [1.807, 2.05) is 50.2 Å². The van der Waals surface area contributed by atoms with E-state index in [0.717, 1.165) is 16.9 Å². The Morgan fingerprint density at radius 3 is 2.38 bits per heavy atom. The predicted octanol–water partition coefficient (Wildman–Crippen LogP) is 2.14. The molecule has 0 saturated carbocycles. The van der Waals surface area contributed by atoms with Crippen molar-refractivity contribution in [3.8, 4) is 0 Å². The van der Waals surface area contributed by atoms with Crippen molar-refractivity contribution in [2.45, 2.75) is 30.1 Å². The molecule has 2 unspecified atom stereocenters. The van der Waals surface area contributed by atoms with Crippen molar-refractivity contribution in [1.82, 2.24) is 14.9 Å². The van der Waals surface area contributed by atoms with Crippen molar-refractivity contribution >= 4 is 27.3 Å². The molecule has 0 fully saturated rings. The summed E-state index contributed by atoms with van der Waals surface area (Å²) in [5.74, 6) is -0.357. The molecule has 2 N–H and O–H groups in total. The second-order valence-corrected chi connectivity index (χ2v) is 9.30. The fraction of sp³-hybridized carbons (Fsp3) is 0.389. The highest BCUT2D eigenvalue weighted by molar-refractivity contribution is 7.91. The van der Waals surface area contributed by atoms with E-state index in [1.54, 1.807) is 11.4 Å². The molecule has 0 bridgehead atoms. The van der Waals surface area contributed by atoms with Gasteiger partial charge in [0.1, 0.15) is 4.21 Å². The van der Waals surface area contributed by atoms with Gasteiger partial charge in [-0.2, -0.15) is 4.72 Å². The molecule has 0 radical (unpaired) electrons. The first-order chi connectivity index (χ1) is 12.2. The number of amides is 1. The van der Waals surface area contributed by atoms with E-state index in [2.05, 4.69) is 10.0 Å². The third-order valence-electron chi connectivity index (χ3n) is 4.04. The predicted molar refractivity (Wildman–Crippen MR) is 105 cm³/mol. The van der Waals surface area contributed by atoms with E-state index in [0.29, 0.717) is 6.54 Å². The Kier molecular flexibility index (Phi) is 6.94. The summed E-state index contributed by atoms with van der Waals surface area (Å²) in [6.07, 6.45) is 0. The lowest BCUT2D eigenvalue weighted by Crippen LogP contribution is -2.46. The number of aryl methyl sites for hydroxylation is 1. The van der Waals surface area contributed by atoms with Crippen molar-refractivity contribution < 1.29 is 13.2 Å². The molecule has 26 heavy (non-hydrogen) atoms. The van der Waals surface area contributed by atoms with E-state index >= 15 is 0 Å². The van der Waals surface area contributed by atoms with Crippen LogP contribution in [0.5, 0.6) is 0 Å². The summed E-state index contributed by atoms with van der Waals surface area (Å²) in [6, 6.07) is 10.5. The smallest absolute Gasteiger partial charge is 0.250 e. The lowest BCUT2D eigenvalue weighted by molar-refractivity contribution is -0.122. The van der Waals surface area contributed by atoms with Crippen molar-refractivity contribution in [2.24, 2.45) is 0 Å². The lowest BCUT2D eigenvalue weighted by atomic mass is 10.0. The maximum Gasteiger partial charge on any atom is 0.250 e. The number of hydrogen-bond donors (Lipinski definition) is 2. The third kappa shape index (κ3) is 5.38. The lowest BCUT2D eigenvalue weighted by Gasteiger charge is -2.26. The summed E-state index contributed by atoms with van der Waals surface area (Å²) < 4.78 is 27.1. The van der Waals surface area contributed by atoms with Crippen LogP contribution >= 0.6 is 11.3 Å². The van der Waals surface area contributed by atoms with Crippen LogP contribution in [0.2, 0.25) is 0 Å². The summed E-state index contributed by atoms with van der Waals surface area (Å²) >= 11 is 1.12. The van der Waals surface area contributed by atoms with Gasteiger partial charge in [0.2, 0.25) is 5.91 Å². The molecule has 1 aromatic heterocycles. The Hall–Kier alpha value is -1.74. The van der Waals surface area contributed by atoms with Gasteiger partial charge in [-0.25, -0.2) is 8.42 Å². The van der Waals surface area contributed by atoms with Crippen LogP contribution in [-0.4, -0.2) is 45.9 Å². The minimum Gasteiger partial charge on any atom is -0.353 e. The third-order valence-corrected chi connectivity index (χ3v) is 6.98. The molecule has 8 heteroatoms. The van der Waals surface area contributed by atoms with Crippen LogP contribution in [0.25, 0.3) is 0 Å². The molecule has 142 valence electrons. The van der Waals surface area contributed by atoms with Crippen LogP contribution in [0, 0.1) is 6.92 Å². The van der Waals surface area contributed by atoms with Gasteiger partial charge in [0.15, 0.2) is 0 Å². The second-order valence-electron chi connectivity index (χ2n) is 6.41. The number of nitrogens with zero attached hydrogens (tertiary/aromatic N) is 1. The Morgan fingerprint density at radius 1 is 1.19 bits per heavy atom. The van der Waals surface area contributed by atoms with Gasteiger partial charge >= 0.3 is 0 Å². The number of nitrogens with one attached hydrogen (secondary N) is 2. The van der Waals surface area contributed by atoms with E-state index in [-0.39, 0.29) is 16.2 Å². The van der Waals surface area contributed by atoms with Gasteiger partial charge in [0.25, 0.3) is 10.0 Å². The van der Waals surface area contributed by atoms with Crippen LogP contribution in [0.3, 0.4) is 0 Å². The number of carbonyl (C=O) groups excluding carboxylic acids is 1. The highest BCUT2D eigenvalue weighted by Gasteiger charge is 2.23. The van der Waals surface area contributed by atoms with E-state index in [4.69, 9.17) is 0 Å². The molecular formula is C18H25N3O3S2. The molecule has 2 rings (SSSR count). The van der Waals surface area contributed by atoms with E-state index < -0.39 is 16.1 Å². The number of sulfonamides is 1. The van der Waals surface area contributed by atoms with Crippen LogP contribution < -0.4 is 10.0 Å². The number of rotatable bonds is 8. The zero-order chi connectivity index (χ0) is 19.3. The van der Waals surface area contributed by atoms with Crippen LogP contribution in [0.4, 0.5) is 0 Å². The minimum atomic E-state index is -3.68. The second kappa shape index (κ2) is 8.77. The summed E-state index contributed by atoms with van der Waals surface area (Å²) in [7, 11) is 0.212. The number of hydrogen-bond acceptors (Lipinski definition) is 5. The first-order valence-corrected chi connectivity index (χ1v) is 10.6. The van der Waals surface area contributed by atoms with Gasteiger partial charge in [0, 0.05) is 6.54 Å². The highest BCUT2D eigenvalue weighted by Crippen LogP contribution is 2.18. The molecule has 0 aliphatic carbocycles. The van der Waals surface area contributed by atoms with Crippen LogP contribution in [0.1, 0.15) is 24.1 Å². The van der Waals surface area contributed by atoms with Crippen molar-refractivity contribution in [2.75, 3.05) is 20.6 Å². The SMILES string of the molecule is Cc1ccc(C(CNC(=O)C(C)NS(=O)(=O)c2cccs2)N(C)C)cc1. The standard InChI is InChI=1S/C18H25N3O3S2/c1-13-7-9-15(10-8-13)16(21(3)4)12-19-18(22)14(2)20-26(23,24)17-6-5-11-25-17/h5-11,14,16,20H,12H2,1-4H3,(H,19,22). The quantitative estimate of drug-likeness (QED) is 0.718. The number of benzene rings is 1. The van der Waals surface area contributed by atoms with Crippen molar-refractivity contribution in [3.63, 3.8) is 0 Å². The fourth-order valence-electron chi connectivity index (χ4n) is 2.50. The molecule has 1 heterocycles. The molecule has 0 spiro atoms. The largest absolute Gasteiger partial charge is 0.353 e. The van der Waals surface area contributed by atoms with Gasteiger partial charge in [-0.3, -0.25) is 4.79 Å². The molecule has 1 aromatic carbocycles. The number of carbonyl (C=O) groups is 1. The fourth-order valence-corrected chi connectivity index (χ4v) is 4.71. The maximum atomic E-state index is 12.3. The Labute approximate surface area is 159 Å². The molecule has 2 atom stereocenters. The maximum absolute atomic E-state index is 12.3. The molecule has 0 saturated heterocycles. The van der Waals surface area contributed by atoms with E-state index in [1.165, 1.54) is 18.6 Å². The van der Waals surface area contributed by atoms with Gasteiger partial charge in [-0.15, -0.1) is 11.3 Å². The van der Waals surface area contributed by atoms with Crippen LogP contribution in [-0.2, 0) is 14.8 Å². The minimum absolute atomic E-state index is 0.000605. The average molecular weight is 396 g/mol. The molecule has 6 nitrogen and oxygen atoms in total. The first kappa shape index (κ1) is 20.6. The Balaban J connectivity index is 1.98. The van der Waals surface area contributed by atoms with Crippen LogP contribution in [0.15, 0.2) is 46.0 Å². The molecule has 1 amide bonds. The first-order valence-electron chi connectivity index (χ1n) is 8.27. The van der Waals surface area contributed by atoms with Crippen molar-refractivity contribution in [1.29, 1.82) is 0 Å². The van der Waals surface area contributed by atoms with E-state index in [9.17, 15) is 13.2 Å². The van der Waals surface area contributed by atoms with Gasteiger partial charge in [-0.1, -0.05) is 35.9 Å². The summed E-state index contributed by atoms with van der Waals surface area (Å²) in [5, 5.41) is 4.52. The zero-order valence-electron chi connectivity index (χ0n) is 15.4. The number of thiophene rings is 1. The summed E-state index contributed by atoms with van der Waals surface area (Å²) in [4.78, 5) is 14.4. The van der Waals surface area contributed by atoms with Gasteiger partial charge in [-0.05, 0) is 45.0 Å². The normalized spacial score (nSPS) is 14.2. The molecule has 0 aliphatic heterocycles. The Bertz CT molecular complexity index is 816. The van der Waals surface area contributed by atoms with Gasteiger partial charge in [0.05, 0.1) is 12.1 Å². The molecule has 2 aromatic rings. The van der Waals surface area contributed by atoms with Crippen molar-refractivity contribution in [3.05, 3.63) is 52.9 Å². The monoisotopic (exact) mass is 395 g/mol. The molecular weight excluding hydrogens is 370 g/mol. The molecule has 0 aliphatic rings.